The van der Waals surface area contributed by atoms with Crippen LogP contribution in [-0.2, 0) is 47.8 Å². The van der Waals surface area contributed by atoms with Gasteiger partial charge in [-0.3, -0.25) is 29.2 Å². The highest BCUT2D eigenvalue weighted by molar-refractivity contribution is 7.99. The van der Waals surface area contributed by atoms with Crippen LogP contribution in [0.25, 0.3) is 10.8 Å². The van der Waals surface area contributed by atoms with Crippen LogP contribution in [0.5, 0.6) is 11.5 Å². The molecule has 568 valence electrons. The molecular weight excluding hydrogens is 1440 g/mol. The number of fused-ring (bicyclic) bond motifs is 1. The molecule has 9 atom stereocenters. The average Bonchev–Trinajstić information content (AvgIpc) is 1.83. The van der Waals surface area contributed by atoms with Gasteiger partial charge < -0.3 is 33.5 Å². The molecule has 4 saturated carbocycles. The molecule has 4 saturated heterocycles. The fraction of sp³-hybridized carbons (Fsp3) is 0.566. The summed E-state index contributed by atoms with van der Waals surface area (Å²) in [6.07, 6.45) is 25.4. The number of Topliss-reactive ketones (excluding diaryl/α,β-unsaturated/α-hetero) is 2. The first kappa shape index (κ1) is 86.5. The van der Waals surface area contributed by atoms with Gasteiger partial charge in [-0.1, -0.05) is 190 Å². The standard InChI is InChI=1S/C24H29NO2.C22H27NO2.C20H31NO4.C17H23Cl2NOS.4ClH/c26-21-15-16-25(17-21)23-13-7-8-14-24(23)27-18-22(19-9-3-1-4-10-19)20-11-5-2-6-12-20;24-19-12-14-23(16-19)21-10-3-4-11-22(21)25-15-13-18-8-5-7-17-6-1-2-9-20(17)18;1-23-19-8-7-15(13-20(19)24-2)10-12-25-18-6-4-3-5-17(18)21-11-9-16(22)14-21;18-14-4-3-5-15(19)13(14)8-10-21-17-7-2-1-6-16(17)20-9-11-22-12-20;;;;/h1-6,9-12,22-24H,7-8,13-18H2;1-2,5-9,21-22H,3-4,10-16H2;7-8,13,16-18,22H,3-6,9-12,14H2,1-2H3;3-5,16-17H,1-2,6-12H2;4*1H/t23?,24-;21-,22+;16?,17?,18-;16-,17?;;;;/m0101..../s1. The van der Waals surface area contributed by atoms with Gasteiger partial charge in [0.25, 0.3) is 0 Å². The smallest absolute Gasteiger partial charge is 0.160 e. The van der Waals surface area contributed by atoms with Crippen LogP contribution in [0.2, 0.25) is 10.0 Å². The molecule has 0 radical (unpaired) electrons. The van der Waals surface area contributed by atoms with Crippen LogP contribution in [-0.4, -0.2) is 189 Å². The molecule has 6 aromatic rings. The molecule has 20 heteroatoms. The normalized spacial score (nSPS) is 24.6. The maximum atomic E-state index is 11.8. The third kappa shape index (κ3) is 25.4. The van der Waals surface area contributed by atoms with E-state index in [-0.39, 0.29) is 73.9 Å². The van der Waals surface area contributed by atoms with Crippen molar-refractivity contribution in [1.82, 2.24) is 19.6 Å². The zero-order chi connectivity index (χ0) is 68.6. The van der Waals surface area contributed by atoms with Gasteiger partial charge in [0.1, 0.15) is 11.6 Å². The molecule has 0 amide bonds. The number of carbonyl (C=O) groups excluding carboxylic acids is 2. The third-order valence-corrected chi connectivity index (χ3v) is 23.7. The summed E-state index contributed by atoms with van der Waals surface area (Å²) in [5, 5.41) is 13.9. The number of ketones is 2. The number of thioether (sulfide) groups is 1. The molecule has 14 rings (SSSR count). The van der Waals surface area contributed by atoms with Crippen molar-refractivity contribution in [2.75, 3.05) is 98.1 Å². The second-order valence-electron chi connectivity index (χ2n) is 28.5. The molecule has 4 aliphatic carbocycles. The number of rotatable bonds is 23. The Balaban J connectivity index is 0.000000190. The zero-order valence-electron chi connectivity index (χ0n) is 60.6. The van der Waals surface area contributed by atoms with Crippen molar-refractivity contribution in [3.63, 3.8) is 0 Å². The molecule has 4 aliphatic heterocycles. The van der Waals surface area contributed by atoms with E-state index in [4.69, 9.17) is 51.6 Å². The van der Waals surface area contributed by atoms with Gasteiger partial charge in [-0.25, -0.2) is 0 Å². The van der Waals surface area contributed by atoms with E-state index in [1.54, 1.807) is 14.2 Å². The molecule has 103 heavy (non-hydrogen) atoms. The minimum Gasteiger partial charge on any atom is -0.493 e. The highest BCUT2D eigenvalue weighted by atomic mass is 35.5. The van der Waals surface area contributed by atoms with Crippen molar-refractivity contribution in [2.24, 2.45) is 0 Å². The summed E-state index contributed by atoms with van der Waals surface area (Å²) in [5.74, 6) is 4.97. The first-order valence-electron chi connectivity index (χ1n) is 37.5. The summed E-state index contributed by atoms with van der Waals surface area (Å²) in [6, 6.07) is 50.0. The Kier molecular flexibility index (Phi) is 38.6. The van der Waals surface area contributed by atoms with Crippen LogP contribution < -0.4 is 9.47 Å². The number of hydrogen-bond acceptors (Lipinski definition) is 14. The van der Waals surface area contributed by atoms with E-state index in [0.717, 1.165) is 118 Å². The number of benzene rings is 6. The van der Waals surface area contributed by atoms with Crippen LogP contribution in [0.15, 0.2) is 140 Å². The molecule has 8 aliphatic rings. The Labute approximate surface area is 653 Å². The van der Waals surface area contributed by atoms with E-state index < -0.39 is 0 Å². The van der Waals surface area contributed by atoms with Gasteiger partial charge in [-0.05, 0) is 140 Å². The Morgan fingerprint density at radius 3 is 1.46 bits per heavy atom. The number of aliphatic hydroxyl groups excluding tert-OH is 1. The molecule has 4 unspecified atom stereocenters. The van der Waals surface area contributed by atoms with Gasteiger partial charge in [0, 0.05) is 97.3 Å². The van der Waals surface area contributed by atoms with E-state index in [1.165, 1.54) is 128 Å². The molecule has 0 bridgehead atoms. The molecule has 13 nitrogen and oxygen atoms in total. The summed E-state index contributed by atoms with van der Waals surface area (Å²) in [5.41, 5.74) is 6.16. The van der Waals surface area contributed by atoms with Crippen molar-refractivity contribution >= 4 is 107 Å². The van der Waals surface area contributed by atoms with Crippen molar-refractivity contribution in [1.29, 1.82) is 0 Å². The van der Waals surface area contributed by atoms with Crippen molar-refractivity contribution in [2.45, 2.75) is 202 Å². The van der Waals surface area contributed by atoms with Gasteiger partial charge in [0.2, 0.25) is 0 Å². The van der Waals surface area contributed by atoms with Crippen LogP contribution in [0.3, 0.4) is 0 Å². The van der Waals surface area contributed by atoms with E-state index in [2.05, 4.69) is 129 Å². The van der Waals surface area contributed by atoms with Gasteiger partial charge >= 0.3 is 0 Å². The van der Waals surface area contributed by atoms with Crippen LogP contribution in [0.1, 0.15) is 156 Å². The van der Waals surface area contributed by atoms with Crippen LogP contribution in [0, 0.1) is 0 Å². The maximum absolute atomic E-state index is 11.8. The molecule has 0 spiro atoms. The number of ether oxygens (including phenoxy) is 6. The number of aliphatic hydroxyl groups is 1. The minimum absolute atomic E-state index is 0. The van der Waals surface area contributed by atoms with E-state index in [9.17, 15) is 14.7 Å². The quantitative estimate of drug-likeness (QED) is 0.0655. The molecule has 1 N–H and O–H groups in total. The lowest BCUT2D eigenvalue weighted by molar-refractivity contribution is -0.118. The highest BCUT2D eigenvalue weighted by Gasteiger charge is 2.38. The Morgan fingerprint density at radius 1 is 0.476 bits per heavy atom. The van der Waals surface area contributed by atoms with Crippen molar-refractivity contribution in [3.8, 4) is 11.5 Å². The lowest BCUT2D eigenvalue weighted by Gasteiger charge is -2.38. The van der Waals surface area contributed by atoms with Crippen LogP contribution >= 0.6 is 84.6 Å². The first-order chi connectivity index (χ1) is 48.6. The van der Waals surface area contributed by atoms with Crippen molar-refractivity contribution in [3.05, 3.63) is 177 Å². The number of hydrogen-bond donors (Lipinski definition) is 1. The molecule has 0 aromatic heterocycles. The third-order valence-electron chi connectivity index (χ3n) is 22.0. The van der Waals surface area contributed by atoms with Gasteiger partial charge in [-0.15, -0.1) is 61.4 Å². The highest BCUT2D eigenvalue weighted by Crippen LogP contribution is 2.36. The van der Waals surface area contributed by atoms with Gasteiger partial charge in [0.15, 0.2) is 11.5 Å². The first-order valence-corrected chi connectivity index (χ1v) is 39.4. The zero-order valence-corrected chi connectivity index (χ0v) is 66.2. The summed E-state index contributed by atoms with van der Waals surface area (Å²) >= 11 is 14.5. The van der Waals surface area contributed by atoms with E-state index in [1.807, 2.05) is 42.1 Å². The molecule has 4 heterocycles. The number of carbonyl (C=O) groups is 2. The molecular formula is C83H114Cl6N4O9S. The topological polar surface area (TPSA) is 123 Å². The predicted octanol–water partition coefficient (Wildman–Crippen LogP) is 17.6. The minimum atomic E-state index is -0.158. The maximum Gasteiger partial charge on any atom is 0.160 e. The van der Waals surface area contributed by atoms with Crippen LogP contribution in [0.4, 0.5) is 0 Å². The number of halogens is 6. The summed E-state index contributed by atoms with van der Waals surface area (Å²) < 4.78 is 36.1. The van der Waals surface area contributed by atoms with Gasteiger partial charge in [-0.2, -0.15) is 0 Å². The largest absolute Gasteiger partial charge is 0.493 e. The summed E-state index contributed by atoms with van der Waals surface area (Å²) in [7, 11) is 3.31. The molecule has 6 aromatic carbocycles. The number of β-amino-alcohol motifs (C(OH)–C–C–N with tert-alkyl or cyclic N) is 1. The Bertz CT molecular complexity index is 3360. The number of methoxy groups -OCH3 is 2. The second-order valence-corrected chi connectivity index (χ2v) is 30.4. The SMILES string of the molecule is COc1ccc(CCO[C@H]2CCCCC2N2CCC(O)C2)cc1OC.Cl.Cl.Cl.Cl.Clc1cccc(Cl)c1CCOC1CCCC[C@H]1N1CCSC1.O=C1CCN(C2CCCC[C@@H]2OCC(c2ccccc2)c2ccccc2)C1.O=C1CCN([C@@H]2CCCC[C@@H]2OCCc2cccc3ccccc23)C1. The number of likely N-dealkylation sites (tertiary alicyclic amines) is 3. The predicted molar refractivity (Wildman–Crippen MR) is 431 cm³/mol. The fourth-order valence-electron chi connectivity index (χ4n) is 16.6. The average molecular weight is 1560 g/mol. The summed E-state index contributed by atoms with van der Waals surface area (Å²) in [4.78, 5) is 33.2. The molecule has 8 fully saturated rings. The fourth-order valence-corrected chi connectivity index (χ4v) is 18.3. The number of nitrogens with zero attached hydrogens (tertiary/aromatic N) is 4. The van der Waals surface area contributed by atoms with E-state index in [0.29, 0.717) is 87.3 Å². The second kappa shape index (κ2) is 45.9. The Hall–Kier alpha value is -3.75. The Morgan fingerprint density at radius 2 is 0.951 bits per heavy atom. The van der Waals surface area contributed by atoms with E-state index >= 15 is 0 Å². The monoisotopic (exact) mass is 1550 g/mol. The van der Waals surface area contributed by atoms with Gasteiger partial charge in [0.05, 0.1) is 84.3 Å². The lowest BCUT2D eigenvalue weighted by atomic mass is 9.90. The lowest BCUT2D eigenvalue weighted by Crippen LogP contribution is -2.46. The summed E-state index contributed by atoms with van der Waals surface area (Å²) in [6.45, 7) is 8.97. The van der Waals surface area contributed by atoms with Crippen molar-refractivity contribution < 1.29 is 43.1 Å².